The summed E-state index contributed by atoms with van der Waals surface area (Å²) < 4.78 is 0. The van der Waals surface area contributed by atoms with Crippen LogP contribution >= 0.6 is 0 Å². The highest BCUT2D eigenvalue weighted by molar-refractivity contribution is 5.89. The van der Waals surface area contributed by atoms with Crippen LogP contribution in [0.2, 0.25) is 0 Å². The summed E-state index contributed by atoms with van der Waals surface area (Å²) in [6.07, 6.45) is 9.97. The van der Waals surface area contributed by atoms with Crippen LogP contribution in [-0.2, 0) is 11.2 Å². The molecule has 2 aliphatic rings. The molecule has 3 rings (SSSR count). The van der Waals surface area contributed by atoms with Crippen LogP contribution < -0.4 is 5.32 Å². The summed E-state index contributed by atoms with van der Waals surface area (Å²) in [4.78, 5) is 29.0. The fraction of sp³-hybridized carbons (Fsp3) is 0.652. The second-order valence-corrected chi connectivity index (χ2v) is 8.29. The van der Waals surface area contributed by atoms with Gasteiger partial charge in [0, 0.05) is 38.3 Å². The molecule has 0 aromatic heterocycles. The number of nitrogens with one attached hydrogen (secondary N) is 1. The van der Waals surface area contributed by atoms with Gasteiger partial charge in [-0.05, 0) is 42.9 Å². The van der Waals surface area contributed by atoms with E-state index >= 15 is 0 Å². The maximum Gasteiger partial charge on any atom is 0.321 e. The molecule has 1 N–H and O–H groups in total. The van der Waals surface area contributed by atoms with E-state index in [4.69, 9.17) is 0 Å². The van der Waals surface area contributed by atoms with Gasteiger partial charge in [0.2, 0.25) is 5.91 Å². The van der Waals surface area contributed by atoms with Gasteiger partial charge < -0.3 is 15.1 Å². The van der Waals surface area contributed by atoms with Crippen LogP contribution in [0.4, 0.5) is 10.5 Å². The van der Waals surface area contributed by atoms with E-state index in [2.05, 4.69) is 24.4 Å². The second kappa shape index (κ2) is 10.5. The van der Waals surface area contributed by atoms with E-state index in [9.17, 15) is 9.59 Å². The van der Waals surface area contributed by atoms with Gasteiger partial charge in [-0.15, -0.1) is 0 Å². The lowest BCUT2D eigenvalue weighted by Crippen LogP contribution is -2.39. The molecule has 5 heteroatoms. The first-order chi connectivity index (χ1) is 13.7. The Morgan fingerprint density at radius 3 is 2.36 bits per heavy atom. The van der Waals surface area contributed by atoms with Gasteiger partial charge >= 0.3 is 6.03 Å². The van der Waals surface area contributed by atoms with Crippen molar-refractivity contribution in [1.82, 2.24) is 9.80 Å². The molecule has 1 aromatic rings. The smallest absolute Gasteiger partial charge is 0.321 e. The van der Waals surface area contributed by atoms with Crippen molar-refractivity contribution in [2.45, 2.75) is 64.7 Å². The van der Waals surface area contributed by atoms with Crippen molar-refractivity contribution in [2.75, 3.05) is 31.5 Å². The lowest BCUT2D eigenvalue weighted by Gasteiger charge is -2.23. The molecule has 1 saturated carbocycles. The number of rotatable bonds is 6. The average Bonchev–Trinajstić information content (AvgIpc) is 3.10. The fourth-order valence-electron chi connectivity index (χ4n) is 4.40. The largest absolute Gasteiger partial charge is 0.341 e. The Bertz CT molecular complexity index is 638. The van der Waals surface area contributed by atoms with Gasteiger partial charge in [-0.25, -0.2) is 4.79 Å². The number of urea groups is 1. The van der Waals surface area contributed by atoms with E-state index in [0.717, 1.165) is 43.8 Å². The Labute approximate surface area is 169 Å². The van der Waals surface area contributed by atoms with E-state index in [1.165, 1.54) is 31.2 Å². The molecule has 154 valence electrons. The van der Waals surface area contributed by atoms with Gasteiger partial charge in [-0.1, -0.05) is 51.2 Å². The van der Waals surface area contributed by atoms with Crippen LogP contribution in [0.25, 0.3) is 0 Å². The van der Waals surface area contributed by atoms with Crippen molar-refractivity contribution in [1.29, 1.82) is 0 Å². The van der Waals surface area contributed by atoms with Crippen molar-refractivity contribution in [2.24, 2.45) is 5.92 Å². The number of amides is 3. The Hall–Kier alpha value is -2.04. The monoisotopic (exact) mass is 385 g/mol. The van der Waals surface area contributed by atoms with Gasteiger partial charge in [0.15, 0.2) is 0 Å². The van der Waals surface area contributed by atoms with Gasteiger partial charge in [0.1, 0.15) is 0 Å². The summed E-state index contributed by atoms with van der Waals surface area (Å²) in [5, 5.41) is 3.00. The summed E-state index contributed by atoms with van der Waals surface area (Å²) in [6, 6.07) is 8.03. The van der Waals surface area contributed by atoms with E-state index in [-0.39, 0.29) is 11.9 Å². The standard InChI is InChI=1S/C23H35N3O2/c1-2-6-19-9-12-21(13-10-19)24-23(28)26-16-5-15-25(17-18-26)22(27)14-11-20-7-3-4-8-20/h9-10,12-13,20H,2-8,11,14-18H2,1H3,(H,24,28). The third kappa shape index (κ3) is 5.98. The number of nitrogens with zero attached hydrogens (tertiary/aromatic N) is 2. The molecule has 2 fully saturated rings. The number of carbonyl (C=O) groups is 2. The molecule has 0 spiro atoms. The zero-order valence-electron chi connectivity index (χ0n) is 17.3. The van der Waals surface area contributed by atoms with Crippen LogP contribution in [-0.4, -0.2) is 47.9 Å². The third-order valence-electron chi connectivity index (χ3n) is 6.12. The number of hydrogen-bond acceptors (Lipinski definition) is 2. The molecule has 1 saturated heterocycles. The summed E-state index contributed by atoms with van der Waals surface area (Å²) in [7, 11) is 0. The molecule has 28 heavy (non-hydrogen) atoms. The SMILES string of the molecule is CCCc1ccc(NC(=O)N2CCCN(C(=O)CCC3CCCC3)CC2)cc1. The van der Waals surface area contributed by atoms with Crippen molar-refractivity contribution >= 4 is 17.6 Å². The highest BCUT2D eigenvalue weighted by atomic mass is 16.2. The maximum absolute atomic E-state index is 12.6. The van der Waals surface area contributed by atoms with Gasteiger partial charge in [-0.3, -0.25) is 4.79 Å². The first-order valence-electron chi connectivity index (χ1n) is 11.1. The van der Waals surface area contributed by atoms with Gasteiger partial charge in [0.05, 0.1) is 0 Å². The average molecular weight is 386 g/mol. The fourth-order valence-corrected chi connectivity index (χ4v) is 4.40. The third-order valence-corrected chi connectivity index (χ3v) is 6.12. The lowest BCUT2D eigenvalue weighted by atomic mass is 10.0. The number of benzene rings is 1. The Kier molecular flexibility index (Phi) is 7.75. The molecule has 5 nitrogen and oxygen atoms in total. The summed E-state index contributed by atoms with van der Waals surface area (Å²) in [6.45, 7) is 4.88. The highest BCUT2D eigenvalue weighted by Gasteiger charge is 2.23. The van der Waals surface area contributed by atoms with Crippen LogP contribution in [0.5, 0.6) is 0 Å². The summed E-state index contributed by atoms with van der Waals surface area (Å²) in [5.41, 5.74) is 2.13. The second-order valence-electron chi connectivity index (χ2n) is 8.29. The molecule has 1 aliphatic heterocycles. The molecule has 0 radical (unpaired) electrons. The number of carbonyl (C=O) groups excluding carboxylic acids is 2. The highest BCUT2D eigenvalue weighted by Crippen LogP contribution is 2.28. The summed E-state index contributed by atoms with van der Waals surface area (Å²) in [5.74, 6) is 1.02. The van der Waals surface area contributed by atoms with Crippen molar-refractivity contribution in [3.05, 3.63) is 29.8 Å². The van der Waals surface area contributed by atoms with Crippen LogP contribution in [0.1, 0.15) is 63.9 Å². The minimum Gasteiger partial charge on any atom is -0.341 e. The molecule has 0 bridgehead atoms. The maximum atomic E-state index is 12.6. The van der Waals surface area contributed by atoms with E-state index in [1.54, 1.807) is 0 Å². The number of anilines is 1. The zero-order chi connectivity index (χ0) is 19.8. The molecule has 0 unspecified atom stereocenters. The van der Waals surface area contributed by atoms with Crippen molar-refractivity contribution in [3.8, 4) is 0 Å². The van der Waals surface area contributed by atoms with Crippen LogP contribution in [0, 0.1) is 5.92 Å². The first-order valence-corrected chi connectivity index (χ1v) is 11.1. The summed E-state index contributed by atoms with van der Waals surface area (Å²) >= 11 is 0. The first kappa shape index (κ1) is 20.7. The Morgan fingerprint density at radius 1 is 0.964 bits per heavy atom. The predicted molar refractivity (Wildman–Crippen MR) is 113 cm³/mol. The van der Waals surface area contributed by atoms with E-state index in [0.29, 0.717) is 26.1 Å². The molecule has 3 amide bonds. The van der Waals surface area contributed by atoms with Gasteiger partial charge in [-0.2, -0.15) is 0 Å². The zero-order valence-corrected chi connectivity index (χ0v) is 17.3. The van der Waals surface area contributed by atoms with E-state index in [1.807, 2.05) is 21.9 Å². The Balaban J connectivity index is 1.44. The Morgan fingerprint density at radius 2 is 1.64 bits per heavy atom. The molecular weight excluding hydrogens is 350 g/mol. The van der Waals surface area contributed by atoms with Crippen LogP contribution in [0.3, 0.4) is 0 Å². The molecule has 1 aromatic carbocycles. The molecule has 1 heterocycles. The predicted octanol–water partition coefficient (Wildman–Crippen LogP) is 4.68. The number of hydrogen-bond donors (Lipinski definition) is 1. The van der Waals surface area contributed by atoms with Crippen molar-refractivity contribution in [3.63, 3.8) is 0 Å². The lowest BCUT2D eigenvalue weighted by molar-refractivity contribution is -0.131. The molecular formula is C23H35N3O2. The quantitative estimate of drug-likeness (QED) is 0.773. The minimum absolute atomic E-state index is 0.0662. The molecule has 0 atom stereocenters. The van der Waals surface area contributed by atoms with E-state index < -0.39 is 0 Å². The van der Waals surface area contributed by atoms with Crippen LogP contribution in [0.15, 0.2) is 24.3 Å². The van der Waals surface area contributed by atoms with Crippen molar-refractivity contribution < 1.29 is 9.59 Å². The van der Waals surface area contributed by atoms with Gasteiger partial charge in [0.25, 0.3) is 0 Å². The topological polar surface area (TPSA) is 52.7 Å². The minimum atomic E-state index is -0.0662. The number of aryl methyl sites for hydroxylation is 1. The normalized spacial score (nSPS) is 18.2. The molecule has 1 aliphatic carbocycles.